The Balaban J connectivity index is 2.44. The van der Waals surface area contributed by atoms with E-state index in [1.54, 1.807) is 7.05 Å². The molecule has 1 aliphatic rings. The summed E-state index contributed by atoms with van der Waals surface area (Å²) in [6.07, 6.45) is 3.79. The van der Waals surface area contributed by atoms with E-state index in [2.05, 4.69) is 24.1 Å². The molecular formula is C11H22N2O. The van der Waals surface area contributed by atoms with Crippen LogP contribution in [0.15, 0.2) is 0 Å². The average molecular weight is 198 g/mol. The van der Waals surface area contributed by atoms with Crippen LogP contribution in [-0.4, -0.2) is 37.0 Å². The first-order valence-corrected chi connectivity index (χ1v) is 5.62. The van der Waals surface area contributed by atoms with Gasteiger partial charge in [-0.05, 0) is 25.7 Å². The third kappa shape index (κ3) is 2.98. The summed E-state index contributed by atoms with van der Waals surface area (Å²) in [6, 6.07) is 0.565. The molecule has 0 saturated carbocycles. The molecule has 0 aromatic heterocycles. The van der Waals surface area contributed by atoms with Gasteiger partial charge in [-0.2, -0.15) is 0 Å². The predicted molar refractivity (Wildman–Crippen MR) is 58.1 cm³/mol. The summed E-state index contributed by atoms with van der Waals surface area (Å²) in [7, 11) is 1.70. The van der Waals surface area contributed by atoms with Crippen LogP contribution in [0.4, 0.5) is 0 Å². The molecule has 1 amide bonds. The van der Waals surface area contributed by atoms with E-state index in [1.165, 1.54) is 19.3 Å². The molecular weight excluding hydrogens is 176 g/mol. The highest BCUT2D eigenvalue weighted by Crippen LogP contribution is 2.23. The molecule has 1 saturated heterocycles. The molecule has 14 heavy (non-hydrogen) atoms. The van der Waals surface area contributed by atoms with Crippen LogP contribution >= 0.6 is 0 Å². The van der Waals surface area contributed by atoms with Crippen molar-refractivity contribution in [3.8, 4) is 0 Å². The van der Waals surface area contributed by atoms with Gasteiger partial charge in [0.2, 0.25) is 5.91 Å². The molecule has 0 aromatic rings. The molecule has 2 atom stereocenters. The molecule has 0 bridgehead atoms. The number of rotatable bonds is 3. The SMILES string of the molecule is CC[C@@H]1CC[C@@H](C)N(CC(=O)NC)C1. The zero-order valence-electron chi connectivity index (χ0n) is 9.55. The summed E-state index contributed by atoms with van der Waals surface area (Å²) in [5.41, 5.74) is 0. The van der Waals surface area contributed by atoms with Crippen LogP contribution in [0, 0.1) is 5.92 Å². The van der Waals surface area contributed by atoms with Crippen molar-refractivity contribution in [2.24, 2.45) is 5.92 Å². The van der Waals surface area contributed by atoms with Gasteiger partial charge in [0.1, 0.15) is 0 Å². The second-order valence-corrected chi connectivity index (χ2v) is 4.30. The van der Waals surface area contributed by atoms with Crippen molar-refractivity contribution >= 4 is 5.91 Å². The second-order valence-electron chi connectivity index (χ2n) is 4.30. The van der Waals surface area contributed by atoms with Gasteiger partial charge in [0, 0.05) is 19.6 Å². The van der Waals surface area contributed by atoms with Gasteiger partial charge < -0.3 is 5.32 Å². The number of nitrogens with zero attached hydrogens (tertiary/aromatic N) is 1. The van der Waals surface area contributed by atoms with E-state index in [0.29, 0.717) is 12.6 Å². The normalized spacial score (nSPS) is 28.8. The van der Waals surface area contributed by atoms with Crippen molar-refractivity contribution in [3.05, 3.63) is 0 Å². The molecule has 0 unspecified atom stereocenters. The predicted octanol–water partition coefficient (Wildman–Crippen LogP) is 1.24. The highest BCUT2D eigenvalue weighted by atomic mass is 16.1. The number of likely N-dealkylation sites (N-methyl/N-ethyl adjacent to an activating group) is 1. The lowest BCUT2D eigenvalue weighted by Crippen LogP contribution is -2.46. The van der Waals surface area contributed by atoms with E-state index in [9.17, 15) is 4.79 Å². The molecule has 0 aromatic carbocycles. The number of carbonyl (C=O) groups excluding carboxylic acids is 1. The smallest absolute Gasteiger partial charge is 0.233 e. The molecule has 1 N–H and O–H groups in total. The van der Waals surface area contributed by atoms with Crippen LogP contribution in [0.5, 0.6) is 0 Å². The van der Waals surface area contributed by atoms with E-state index in [1.807, 2.05) is 0 Å². The van der Waals surface area contributed by atoms with Crippen molar-refractivity contribution in [1.29, 1.82) is 0 Å². The molecule has 1 fully saturated rings. The molecule has 0 spiro atoms. The van der Waals surface area contributed by atoms with Gasteiger partial charge in [-0.25, -0.2) is 0 Å². The fourth-order valence-electron chi connectivity index (χ4n) is 2.08. The summed E-state index contributed by atoms with van der Waals surface area (Å²) in [6.45, 7) is 6.10. The highest BCUT2D eigenvalue weighted by molar-refractivity contribution is 5.77. The van der Waals surface area contributed by atoms with Crippen LogP contribution < -0.4 is 5.32 Å². The number of nitrogens with one attached hydrogen (secondary N) is 1. The van der Waals surface area contributed by atoms with Crippen molar-refractivity contribution in [2.75, 3.05) is 20.1 Å². The van der Waals surface area contributed by atoms with Crippen LogP contribution in [0.3, 0.4) is 0 Å². The minimum Gasteiger partial charge on any atom is -0.358 e. The molecule has 0 radical (unpaired) electrons. The van der Waals surface area contributed by atoms with Gasteiger partial charge in [-0.3, -0.25) is 9.69 Å². The Morgan fingerprint density at radius 2 is 2.21 bits per heavy atom. The Morgan fingerprint density at radius 1 is 1.50 bits per heavy atom. The van der Waals surface area contributed by atoms with E-state index in [4.69, 9.17) is 0 Å². The third-order valence-electron chi connectivity index (χ3n) is 3.31. The molecule has 3 heteroatoms. The van der Waals surface area contributed by atoms with Crippen LogP contribution in [0.25, 0.3) is 0 Å². The van der Waals surface area contributed by atoms with Crippen molar-refractivity contribution in [1.82, 2.24) is 10.2 Å². The van der Waals surface area contributed by atoms with E-state index in [-0.39, 0.29) is 5.91 Å². The largest absolute Gasteiger partial charge is 0.358 e. The highest BCUT2D eigenvalue weighted by Gasteiger charge is 2.25. The Morgan fingerprint density at radius 3 is 2.79 bits per heavy atom. The first-order chi connectivity index (χ1) is 6.67. The lowest BCUT2D eigenvalue weighted by atomic mass is 9.91. The fraction of sp³-hybridized carbons (Fsp3) is 0.909. The lowest BCUT2D eigenvalue weighted by molar-refractivity contribution is -0.122. The summed E-state index contributed by atoms with van der Waals surface area (Å²) >= 11 is 0. The zero-order chi connectivity index (χ0) is 10.6. The first-order valence-electron chi connectivity index (χ1n) is 5.62. The third-order valence-corrected chi connectivity index (χ3v) is 3.31. The topological polar surface area (TPSA) is 32.3 Å². The van der Waals surface area contributed by atoms with Gasteiger partial charge >= 0.3 is 0 Å². The zero-order valence-corrected chi connectivity index (χ0v) is 9.55. The number of amides is 1. The maximum Gasteiger partial charge on any atom is 0.233 e. The fourth-order valence-corrected chi connectivity index (χ4v) is 2.08. The van der Waals surface area contributed by atoms with Gasteiger partial charge in [-0.1, -0.05) is 13.3 Å². The maximum atomic E-state index is 11.3. The summed E-state index contributed by atoms with van der Waals surface area (Å²) in [5, 5.41) is 2.69. The molecule has 0 aliphatic carbocycles. The van der Waals surface area contributed by atoms with Gasteiger partial charge in [0.15, 0.2) is 0 Å². The molecule has 1 heterocycles. The second kappa shape index (κ2) is 5.35. The van der Waals surface area contributed by atoms with Crippen LogP contribution in [-0.2, 0) is 4.79 Å². The summed E-state index contributed by atoms with van der Waals surface area (Å²) in [5.74, 6) is 0.921. The number of hydrogen-bond donors (Lipinski definition) is 1. The monoisotopic (exact) mass is 198 g/mol. The molecule has 1 rings (SSSR count). The first kappa shape index (κ1) is 11.5. The molecule has 1 aliphatic heterocycles. The lowest BCUT2D eigenvalue weighted by Gasteiger charge is -2.37. The Hall–Kier alpha value is -0.570. The summed E-state index contributed by atoms with van der Waals surface area (Å²) < 4.78 is 0. The molecule has 82 valence electrons. The standard InChI is InChI=1S/C11H22N2O/c1-4-10-6-5-9(2)13(7-10)8-11(14)12-3/h9-10H,4-8H2,1-3H3,(H,12,14)/t9-,10-/m1/s1. The van der Waals surface area contributed by atoms with E-state index < -0.39 is 0 Å². The number of carbonyl (C=O) groups is 1. The Labute approximate surface area is 86.9 Å². The average Bonchev–Trinajstić information content (AvgIpc) is 2.21. The minimum absolute atomic E-state index is 0.133. The van der Waals surface area contributed by atoms with Crippen LogP contribution in [0.2, 0.25) is 0 Å². The number of piperidine rings is 1. The molecule has 3 nitrogen and oxygen atoms in total. The number of hydrogen-bond acceptors (Lipinski definition) is 2. The number of likely N-dealkylation sites (tertiary alicyclic amines) is 1. The maximum absolute atomic E-state index is 11.3. The van der Waals surface area contributed by atoms with Crippen molar-refractivity contribution < 1.29 is 4.79 Å². The van der Waals surface area contributed by atoms with Crippen LogP contribution in [0.1, 0.15) is 33.1 Å². The van der Waals surface area contributed by atoms with Crippen molar-refractivity contribution in [3.63, 3.8) is 0 Å². The van der Waals surface area contributed by atoms with E-state index in [0.717, 1.165) is 12.5 Å². The quantitative estimate of drug-likeness (QED) is 0.740. The van der Waals surface area contributed by atoms with Gasteiger partial charge in [0.25, 0.3) is 0 Å². The van der Waals surface area contributed by atoms with Crippen molar-refractivity contribution in [2.45, 2.75) is 39.2 Å². The van der Waals surface area contributed by atoms with Gasteiger partial charge in [0.05, 0.1) is 6.54 Å². The summed E-state index contributed by atoms with van der Waals surface area (Å²) in [4.78, 5) is 13.6. The van der Waals surface area contributed by atoms with E-state index >= 15 is 0 Å². The Kier molecular flexibility index (Phi) is 4.39. The van der Waals surface area contributed by atoms with Gasteiger partial charge in [-0.15, -0.1) is 0 Å². The minimum atomic E-state index is 0.133. The Bertz CT molecular complexity index is 194.